The van der Waals surface area contributed by atoms with Gasteiger partial charge in [0.05, 0.1) is 22.7 Å². The third kappa shape index (κ3) is 2.99. The summed E-state index contributed by atoms with van der Waals surface area (Å²) in [6, 6.07) is 17.0. The fourth-order valence-corrected chi connectivity index (χ4v) is 3.39. The van der Waals surface area contributed by atoms with E-state index in [1.165, 1.54) is 0 Å². The van der Waals surface area contributed by atoms with Crippen molar-refractivity contribution in [2.45, 2.75) is 18.8 Å². The first-order valence-electron chi connectivity index (χ1n) is 8.48. The van der Waals surface area contributed by atoms with E-state index >= 15 is 0 Å². The molecule has 0 aliphatic carbocycles. The Kier molecular flexibility index (Phi) is 3.95. The van der Waals surface area contributed by atoms with Crippen LogP contribution >= 0.6 is 0 Å². The van der Waals surface area contributed by atoms with Crippen LogP contribution in [-0.2, 0) is 0 Å². The predicted octanol–water partition coefficient (Wildman–Crippen LogP) is 3.45. The molecule has 5 nitrogen and oxygen atoms in total. The number of amides is 1. The molecule has 1 N–H and O–H groups in total. The van der Waals surface area contributed by atoms with Gasteiger partial charge in [-0.1, -0.05) is 12.1 Å². The van der Waals surface area contributed by atoms with Crippen LogP contribution in [-0.4, -0.2) is 33.9 Å². The number of carbonyl (C=O) groups is 1. The Morgan fingerprint density at radius 3 is 2.52 bits per heavy atom. The SMILES string of the molecule is N#Cc1ccc(C(=O)N2CCC(c3nc4ccccc4[nH]3)CC2)cc1. The van der Waals surface area contributed by atoms with Crippen LogP contribution in [0.5, 0.6) is 0 Å². The lowest BCUT2D eigenvalue weighted by atomic mass is 9.95. The first kappa shape index (κ1) is 15.4. The highest BCUT2D eigenvalue weighted by atomic mass is 16.2. The fraction of sp³-hybridized carbons (Fsp3) is 0.250. The minimum atomic E-state index is 0.0348. The summed E-state index contributed by atoms with van der Waals surface area (Å²) in [5.41, 5.74) is 3.27. The number of hydrogen-bond donors (Lipinski definition) is 1. The molecule has 2 heterocycles. The summed E-state index contributed by atoms with van der Waals surface area (Å²) in [5.74, 6) is 1.41. The molecule has 1 saturated heterocycles. The maximum atomic E-state index is 12.6. The molecule has 3 aromatic rings. The molecule has 0 saturated carbocycles. The van der Waals surface area contributed by atoms with Crippen molar-refractivity contribution in [3.63, 3.8) is 0 Å². The standard InChI is InChI=1S/C20H18N4O/c21-13-14-5-7-16(8-6-14)20(25)24-11-9-15(10-12-24)19-22-17-3-1-2-4-18(17)23-19/h1-8,15H,9-12H2,(H,22,23). The highest BCUT2D eigenvalue weighted by Crippen LogP contribution is 2.28. The van der Waals surface area contributed by atoms with E-state index in [4.69, 9.17) is 10.2 Å². The summed E-state index contributed by atoms with van der Waals surface area (Å²) in [5, 5.41) is 8.85. The zero-order valence-electron chi connectivity index (χ0n) is 13.8. The third-order valence-electron chi connectivity index (χ3n) is 4.84. The van der Waals surface area contributed by atoms with Gasteiger partial charge in [0.15, 0.2) is 0 Å². The minimum absolute atomic E-state index is 0.0348. The van der Waals surface area contributed by atoms with Gasteiger partial charge in [-0.05, 0) is 49.2 Å². The average molecular weight is 330 g/mol. The van der Waals surface area contributed by atoms with Crippen LogP contribution in [0.4, 0.5) is 0 Å². The van der Waals surface area contributed by atoms with E-state index in [1.807, 2.05) is 29.2 Å². The van der Waals surface area contributed by atoms with E-state index < -0.39 is 0 Å². The van der Waals surface area contributed by atoms with Gasteiger partial charge in [-0.3, -0.25) is 4.79 Å². The van der Waals surface area contributed by atoms with Gasteiger partial charge in [-0.25, -0.2) is 4.98 Å². The van der Waals surface area contributed by atoms with Crippen molar-refractivity contribution < 1.29 is 4.79 Å². The molecule has 4 rings (SSSR count). The maximum absolute atomic E-state index is 12.6. The van der Waals surface area contributed by atoms with Crippen LogP contribution in [0.2, 0.25) is 0 Å². The Balaban J connectivity index is 1.43. The minimum Gasteiger partial charge on any atom is -0.342 e. The van der Waals surface area contributed by atoms with Gasteiger partial charge in [0.1, 0.15) is 5.82 Å². The quantitative estimate of drug-likeness (QED) is 0.782. The Labute approximate surface area is 145 Å². The molecule has 25 heavy (non-hydrogen) atoms. The molecule has 0 radical (unpaired) electrons. The number of aromatic amines is 1. The largest absolute Gasteiger partial charge is 0.342 e. The molecule has 1 aromatic heterocycles. The van der Waals surface area contributed by atoms with Gasteiger partial charge in [0.2, 0.25) is 0 Å². The number of likely N-dealkylation sites (tertiary alicyclic amines) is 1. The fourth-order valence-electron chi connectivity index (χ4n) is 3.39. The van der Waals surface area contributed by atoms with E-state index in [1.54, 1.807) is 24.3 Å². The van der Waals surface area contributed by atoms with Gasteiger partial charge in [-0.15, -0.1) is 0 Å². The molecule has 124 valence electrons. The number of para-hydroxylation sites is 2. The molecule has 1 aliphatic heterocycles. The third-order valence-corrected chi connectivity index (χ3v) is 4.84. The molecule has 0 spiro atoms. The van der Waals surface area contributed by atoms with E-state index in [2.05, 4.69) is 11.1 Å². The lowest BCUT2D eigenvalue weighted by molar-refractivity contribution is 0.0711. The number of hydrogen-bond acceptors (Lipinski definition) is 3. The number of nitriles is 1. The second kappa shape index (κ2) is 6.40. The van der Waals surface area contributed by atoms with Gasteiger partial charge in [0, 0.05) is 24.6 Å². The number of nitrogens with one attached hydrogen (secondary N) is 1. The predicted molar refractivity (Wildman–Crippen MR) is 95.1 cm³/mol. The van der Waals surface area contributed by atoms with Gasteiger partial charge >= 0.3 is 0 Å². The normalized spacial score (nSPS) is 15.2. The highest BCUT2D eigenvalue weighted by Gasteiger charge is 2.26. The maximum Gasteiger partial charge on any atom is 0.253 e. The van der Waals surface area contributed by atoms with Crippen LogP contribution in [0, 0.1) is 11.3 Å². The number of aromatic nitrogens is 2. The van der Waals surface area contributed by atoms with Crippen molar-refractivity contribution in [1.29, 1.82) is 5.26 Å². The number of imidazole rings is 1. The number of nitrogens with zero attached hydrogens (tertiary/aromatic N) is 3. The van der Waals surface area contributed by atoms with Crippen LogP contribution in [0.1, 0.15) is 40.5 Å². The smallest absolute Gasteiger partial charge is 0.253 e. The molecule has 0 bridgehead atoms. The first-order valence-corrected chi connectivity index (χ1v) is 8.48. The number of carbonyl (C=O) groups excluding carboxylic acids is 1. The van der Waals surface area contributed by atoms with E-state index in [9.17, 15) is 4.79 Å². The van der Waals surface area contributed by atoms with E-state index in [0.717, 1.165) is 42.8 Å². The number of benzene rings is 2. The lowest BCUT2D eigenvalue weighted by Crippen LogP contribution is -2.38. The zero-order valence-corrected chi connectivity index (χ0v) is 13.8. The molecule has 1 amide bonds. The van der Waals surface area contributed by atoms with Gasteiger partial charge in [-0.2, -0.15) is 5.26 Å². The summed E-state index contributed by atoms with van der Waals surface area (Å²) in [6.45, 7) is 1.45. The monoisotopic (exact) mass is 330 g/mol. The van der Waals surface area contributed by atoms with Crippen LogP contribution < -0.4 is 0 Å². The molecule has 5 heteroatoms. The van der Waals surface area contributed by atoms with Crippen LogP contribution in [0.25, 0.3) is 11.0 Å². The molecule has 2 aromatic carbocycles. The van der Waals surface area contributed by atoms with E-state index in [0.29, 0.717) is 17.0 Å². The first-order chi connectivity index (χ1) is 12.2. The summed E-state index contributed by atoms with van der Waals surface area (Å²) in [4.78, 5) is 22.6. The van der Waals surface area contributed by atoms with E-state index in [-0.39, 0.29) is 5.91 Å². The van der Waals surface area contributed by atoms with Crippen molar-refractivity contribution in [1.82, 2.24) is 14.9 Å². The number of rotatable bonds is 2. The van der Waals surface area contributed by atoms with Gasteiger partial charge < -0.3 is 9.88 Å². The topological polar surface area (TPSA) is 72.8 Å². The summed E-state index contributed by atoms with van der Waals surface area (Å²) < 4.78 is 0. The number of fused-ring (bicyclic) bond motifs is 1. The lowest BCUT2D eigenvalue weighted by Gasteiger charge is -2.31. The Morgan fingerprint density at radius 2 is 1.84 bits per heavy atom. The Bertz CT molecular complexity index is 911. The van der Waals surface area contributed by atoms with Crippen LogP contribution in [0.3, 0.4) is 0 Å². The molecule has 1 fully saturated rings. The van der Waals surface area contributed by atoms with Crippen molar-refractivity contribution in [2.75, 3.05) is 13.1 Å². The highest BCUT2D eigenvalue weighted by molar-refractivity contribution is 5.94. The Hall–Kier alpha value is -3.13. The zero-order chi connectivity index (χ0) is 17.2. The number of H-pyrrole nitrogens is 1. The summed E-state index contributed by atoms with van der Waals surface area (Å²) >= 11 is 0. The molecule has 0 atom stereocenters. The summed E-state index contributed by atoms with van der Waals surface area (Å²) in [6.07, 6.45) is 1.81. The summed E-state index contributed by atoms with van der Waals surface area (Å²) in [7, 11) is 0. The second-order valence-electron chi connectivity index (χ2n) is 6.39. The van der Waals surface area contributed by atoms with Gasteiger partial charge in [0.25, 0.3) is 5.91 Å². The molecular weight excluding hydrogens is 312 g/mol. The molecule has 1 aliphatic rings. The molecular formula is C20H18N4O. The Morgan fingerprint density at radius 1 is 1.12 bits per heavy atom. The molecule has 0 unspecified atom stereocenters. The average Bonchev–Trinajstić information content (AvgIpc) is 3.12. The van der Waals surface area contributed by atoms with Crippen molar-refractivity contribution >= 4 is 16.9 Å². The van der Waals surface area contributed by atoms with Crippen LogP contribution in [0.15, 0.2) is 48.5 Å². The van der Waals surface area contributed by atoms with Crippen molar-refractivity contribution in [2.24, 2.45) is 0 Å². The van der Waals surface area contributed by atoms with Crippen molar-refractivity contribution in [3.05, 3.63) is 65.5 Å². The number of piperidine rings is 1. The van der Waals surface area contributed by atoms with Crippen molar-refractivity contribution in [3.8, 4) is 6.07 Å². The second-order valence-corrected chi connectivity index (χ2v) is 6.39.